The van der Waals surface area contributed by atoms with Crippen molar-refractivity contribution in [1.29, 1.82) is 0 Å². The fourth-order valence-corrected chi connectivity index (χ4v) is 5.50. The molecule has 4 rings (SSSR count). The van der Waals surface area contributed by atoms with E-state index in [-0.39, 0.29) is 36.1 Å². The summed E-state index contributed by atoms with van der Waals surface area (Å²) in [6.45, 7) is 5.18. The van der Waals surface area contributed by atoms with E-state index in [0.29, 0.717) is 29.6 Å². The number of halogens is 1. The van der Waals surface area contributed by atoms with Crippen LogP contribution in [0.15, 0.2) is 24.3 Å². The van der Waals surface area contributed by atoms with Crippen LogP contribution in [-0.2, 0) is 9.53 Å². The number of benzene rings is 1. The van der Waals surface area contributed by atoms with Gasteiger partial charge in [0, 0.05) is 29.7 Å². The molecule has 0 N–H and O–H groups in total. The summed E-state index contributed by atoms with van der Waals surface area (Å²) in [5.41, 5.74) is 0.570. The fraction of sp³-hybridized carbons (Fsp3) is 0.636. The van der Waals surface area contributed by atoms with Gasteiger partial charge in [-0.05, 0) is 57.2 Å². The van der Waals surface area contributed by atoms with Crippen molar-refractivity contribution >= 4 is 23.4 Å². The number of morpholine rings is 1. The number of ether oxygens (including phenoxy) is 1. The highest BCUT2D eigenvalue weighted by atomic mass is 35.5. The lowest BCUT2D eigenvalue weighted by Gasteiger charge is -2.39. The number of nitrogens with zero attached hydrogens (tertiary/aromatic N) is 2. The number of rotatable bonds is 2. The Balaban J connectivity index is 1.62. The van der Waals surface area contributed by atoms with Gasteiger partial charge in [0.15, 0.2) is 0 Å². The van der Waals surface area contributed by atoms with Crippen LogP contribution in [0.2, 0.25) is 5.02 Å². The largest absolute Gasteiger partial charge is 0.372 e. The van der Waals surface area contributed by atoms with E-state index in [1.54, 1.807) is 24.3 Å². The Morgan fingerprint density at radius 1 is 1.11 bits per heavy atom. The minimum Gasteiger partial charge on any atom is -0.372 e. The molecule has 1 aromatic rings. The number of hydrogen-bond donors (Lipinski definition) is 0. The summed E-state index contributed by atoms with van der Waals surface area (Å²) < 4.78 is 5.79. The molecule has 1 aromatic carbocycles. The second kappa shape index (κ2) is 8.03. The summed E-state index contributed by atoms with van der Waals surface area (Å²) >= 11 is 6.13. The molecule has 6 heteroatoms. The third-order valence-corrected chi connectivity index (χ3v) is 6.65. The van der Waals surface area contributed by atoms with Gasteiger partial charge in [0.1, 0.15) is 6.04 Å². The third-order valence-electron chi connectivity index (χ3n) is 6.41. The Kier molecular flexibility index (Phi) is 5.66. The van der Waals surface area contributed by atoms with Gasteiger partial charge in [-0.25, -0.2) is 0 Å². The number of carbonyl (C=O) groups excluding carboxylic acids is 2. The molecule has 5 unspecified atom stereocenters. The van der Waals surface area contributed by atoms with Crippen molar-refractivity contribution in [2.24, 2.45) is 5.92 Å². The monoisotopic (exact) mass is 404 g/mol. The number of amides is 2. The van der Waals surface area contributed by atoms with Gasteiger partial charge >= 0.3 is 0 Å². The fourth-order valence-electron chi connectivity index (χ4n) is 5.31. The van der Waals surface area contributed by atoms with E-state index in [9.17, 15) is 9.59 Å². The molecule has 0 aromatic heterocycles. The van der Waals surface area contributed by atoms with Crippen LogP contribution in [0.1, 0.15) is 56.3 Å². The molecular weight excluding hydrogens is 376 g/mol. The maximum atomic E-state index is 13.5. The number of hydrogen-bond acceptors (Lipinski definition) is 3. The average Bonchev–Trinajstić information content (AvgIpc) is 3.05. The second-order valence-corrected chi connectivity index (χ2v) is 9.02. The van der Waals surface area contributed by atoms with Crippen LogP contribution in [0.5, 0.6) is 0 Å². The predicted octanol–water partition coefficient (Wildman–Crippen LogP) is 3.75. The smallest absolute Gasteiger partial charge is 0.254 e. The summed E-state index contributed by atoms with van der Waals surface area (Å²) in [4.78, 5) is 30.7. The van der Waals surface area contributed by atoms with Crippen LogP contribution >= 0.6 is 11.6 Å². The topological polar surface area (TPSA) is 49.9 Å². The molecule has 1 aliphatic carbocycles. The van der Waals surface area contributed by atoms with E-state index >= 15 is 0 Å². The highest BCUT2D eigenvalue weighted by molar-refractivity contribution is 6.31. The molecule has 28 heavy (non-hydrogen) atoms. The normalized spacial score (nSPS) is 32.9. The second-order valence-electron chi connectivity index (χ2n) is 8.59. The molecule has 5 nitrogen and oxygen atoms in total. The van der Waals surface area contributed by atoms with Crippen LogP contribution in [0.25, 0.3) is 0 Å². The summed E-state index contributed by atoms with van der Waals surface area (Å²) in [7, 11) is 0. The molecule has 1 saturated carbocycles. The Morgan fingerprint density at radius 3 is 2.54 bits per heavy atom. The lowest BCUT2D eigenvalue weighted by Crippen LogP contribution is -2.55. The first-order chi connectivity index (χ1) is 13.4. The van der Waals surface area contributed by atoms with Crippen molar-refractivity contribution in [3.05, 3.63) is 34.9 Å². The lowest BCUT2D eigenvalue weighted by molar-refractivity contribution is -0.147. The molecule has 0 spiro atoms. The average molecular weight is 405 g/mol. The minimum atomic E-state index is -0.378. The molecule has 152 valence electrons. The van der Waals surface area contributed by atoms with Crippen molar-refractivity contribution in [2.45, 2.75) is 70.2 Å². The Morgan fingerprint density at radius 2 is 1.82 bits per heavy atom. The SMILES string of the molecule is CC1CN(C(=O)C2CC3CCCCC3N2C(=O)c2cccc(Cl)c2)CC(C)O1. The van der Waals surface area contributed by atoms with Crippen molar-refractivity contribution in [1.82, 2.24) is 9.80 Å². The zero-order valence-corrected chi connectivity index (χ0v) is 17.4. The molecule has 2 aliphatic heterocycles. The van der Waals surface area contributed by atoms with E-state index in [4.69, 9.17) is 16.3 Å². The zero-order valence-electron chi connectivity index (χ0n) is 16.6. The van der Waals surface area contributed by atoms with E-state index in [1.165, 1.54) is 6.42 Å². The van der Waals surface area contributed by atoms with Crippen molar-refractivity contribution < 1.29 is 14.3 Å². The number of carbonyl (C=O) groups is 2. The van der Waals surface area contributed by atoms with Gasteiger partial charge in [-0.1, -0.05) is 30.5 Å². The molecule has 2 saturated heterocycles. The van der Waals surface area contributed by atoms with Gasteiger partial charge in [-0.2, -0.15) is 0 Å². The third kappa shape index (κ3) is 3.79. The minimum absolute atomic E-state index is 0.0217. The van der Waals surface area contributed by atoms with E-state index in [2.05, 4.69) is 0 Å². The van der Waals surface area contributed by atoms with Gasteiger partial charge < -0.3 is 14.5 Å². The van der Waals surface area contributed by atoms with Crippen LogP contribution in [-0.4, -0.2) is 59.0 Å². The first-order valence-electron chi connectivity index (χ1n) is 10.5. The van der Waals surface area contributed by atoms with Gasteiger partial charge in [0.2, 0.25) is 5.91 Å². The summed E-state index contributed by atoms with van der Waals surface area (Å²) in [6.07, 6.45) is 5.21. The van der Waals surface area contributed by atoms with Crippen LogP contribution in [0.4, 0.5) is 0 Å². The molecule has 5 atom stereocenters. The van der Waals surface area contributed by atoms with Gasteiger partial charge in [0.25, 0.3) is 5.91 Å². The quantitative estimate of drug-likeness (QED) is 0.754. The van der Waals surface area contributed by atoms with Crippen molar-refractivity contribution in [2.75, 3.05) is 13.1 Å². The van der Waals surface area contributed by atoms with Gasteiger partial charge in [-0.3, -0.25) is 9.59 Å². The molecule has 2 heterocycles. The summed E-state index contributed by atoms with van der Waals surface area (Å²) in [5.74, 6) is 0.429. The lowest BCUT2D eigenvalue weighted by atomic mass is 9.84. The van der Waals surface area contributed by atoms with E-state index in [0.717, 1.165) is 25.7 Å². The Bertz CT molecular complexity index is 745. The standard InChI is InChI=1S/C22H29ClN2O3/c1-14-12-24(13-15(2)28-14)22(27)20-11-16-6-3-4-9-19(16)25(20)21(26)17-7-5-8-18(23)10-17/h5,7-8,10,14-16,19-20H,3-4,6,9,11-13H2,1-2H3. The predicted molar refractivity (Wildman–Crippen MR) is 108 cm³/mol. The number of likely N-dealkylation sites (tertiary alicyclic amines) is 1. The molecular formula is C22H29ClN2O3. The summed E-state index contributed by atoms with van der Waals surface area (Å²) in [5, 5.41) is 0.545. The number of fused-ring (bicyclic) bond motifs is 1. The highest BCUT2D eigenvalue weighted by Crippen LogP contribution is 2.41. The van der Waals surface area contributed by atoms with Crippen molar-refractivity contribution in [3.63, 3.8) is 0 Å². The molecule has 0 bridgehead atoms. The van der Waals surface area contributed by atoms with E-state index in [1.807, 2.05) is 23.6 Å². The summed E-state index contributed by atoms with van der Waals surface area (Å²) in [6, 6.07) is 6.85. The molecule has 3 fully saturated rings. The molecule has 0 radical (unpaired) electrons. The first-order valence-corrected chi connectivity index (χ1v) is 10.8. The first kappa shape index (κ1) is 19.7. The van der Waals surface area contributed by atoms with Crippen LogP contribution in [0.3, 0.4) is 0 Å². The Labute approximate surface area is 172 Å². The van der Waals surface area contributed by atoms with E-state index < -0.39 is 0 Å². The van der Waals surface area contributed by atoms with Gasteiger partial charge in [0.05, 0.1) is 12.2 Å². The Hall–Kier alpha value is -1.59. The maximum absolute atomic E-state index is 13.5. The molecule has 2 amide bonds. The van der Waals surface area contributed by atoms with Crippen LogP contribution in [0, 0.1) is 5.92 Å². The van der Waals surface area contributed by atoms with Gasteiger partial charge in [-0.15, -0.1) is 0 Å². The van der Waals surface area contributed by atoms with Crippen molar-refractivity contribution in [3.8, 4) is 0 Å². The highest BCUT2D eigenvalue weighted by Gasteiger charge is 2.49. The maximum Gasteiger partial charge on any atom is 0.254 e. The zero-order chi connectivity index (χ0) is 19.8. The molecule has 3 aliphatic rings. The van der Waals surface area contributed by atoms with Crippen LogP contribution < -0.4 is 0 Å².